The van der Waals surface area contributed by atoms with E-state index in [-0.39, 0.29) is 12.5 Å². The van der Waals surface area contributed by atoms with Gasteiger partial charge in [0.1, 0.15) is 11.9 Å². The fourth-order valence-corrected chi connectivity index (χ4v) is 3.74. The van der Waals surface area contributed by atoms with E-state index in [1.165, 1.54) is 4.88 Å². The molecular formula is C21H22N4OS. The van der Waals surface area contributed by atoms with Crippen molar-refractivity contribution < 1.29 is 4.79 Å². The molecule has 2 heterocycles. The maximum atomic E-state index is 12.7. The van der Waals surface area contributed by atoms with Crippen molar-refractivity contribution in [1.82, 2.24) is 4.57 Å². The van der Waals surface area contributed by atoms with Crippen molar-refractivity contribution in [2.75, 3.05) is 23.8 Å². The van der Waals surface area contributed by atoms with Crippen LogP contribution in [0.25, 0.3) is 0 Å². The Morgan fingerprint density at radius 3 is 2.59 bits per heavy atom. The summed E-state index contributed by atoms with van der Waals surface area (Å²) in [7, 11) is 1.88. The Bertz CT molecular complexity index is 968. The van der Waals surface area contributed by atoms with Gasteiger partial charge < -0.3 is 14.8 Å². The maximum Gasteiger partial charge on any atom is 0.245 e. The quantitative estimate of drug-likeness (QED) is 0.700. The number of nitriles is 1. The minimum atomic E-state index is -0.150. The van der Waals surface area contributed by atoms with Crippen molar-refractivity contribution in [3.8, 4) is 6.07 Å². The summed E-state index contributed by atoms with van der Waals surface area (Å²) in [6.07, 6.45) is 0. The SMILES string of the molecule is Cc1c(C#N)c(NC(=O)CN(C)c2ccccc2)n(Cc2cccs2)c1C. The molecule has 5 nitrogen and oxygen atoms in total. The summed E-state index contributed by atoms with van der Waals surface area (Å²) in [5, 5.41) is 14.6. The summed E-state index contributed by atoms with van der Waals surface area (Å²) in [5.74, 6) is 0.426. The Kier molecular flexibility index (Phi) is 5.63. The molecule has 0 fully saturated rings. The van der Waals surface area contributed by atoms with Crippen LogP contribution >= 0.6 is 11.3 Å². The highest BCUT2D eigenvalue weighted by molar-refractivity contribution is 7.09. The lowest BCUT2D eigenvalue weighted by atomic mass is 10.2. The molecule has 0 atom stereocenters. The van der Waals surface area contributed by atoms with Crippen LogP contribution in [0.3, 0.4) is 0 Å². The van der Waals surface area contributed by atoms with Crippen LogP contribution in [0.5, 0.6) is 0 Å². The van der Waals surface area contributed by atoms with Crippen molar-refractivity contribution in [2.45, 2.75) is 20.4 Å². The van der Waals surface area contributed by atoms with Crippen LogP contribution in [0.2, 0.25) is 0 Å². The van der Waals surface area contributed by atoms with E-state index in [1.807, 2.05) is 72.1 Å². The average Bonchev–Trinajstić information content (AvgIpc) is 3.25. The van der Waals surface area contributed by atoms with E-state index in [0.717, 1.165) is 16.9 Å². The number of rotatable bonds is 6. The van der Waals surface area contributed by atoms with Gasteiger partial charge in [0.25, 0.3) is 0 Å². The highest BCUT2D eigenvalue weighted by Gasteiger charge is 2.20. The van der Waals surface area contributed by atoms with Crippen LogP contribution in [0.1, 0.15) is 21.7 Å². The first kappa shape index (κ1) is 18.7. The van der Waals surface area contributed by atoms with Crippen molar-refractivity contribution >= 4 is 28.7 Å². The number of para-hydroxylation sites is 1. The van der Waals surface area contributed by atoms with Gasteiger partial charge in [-0.25, -0.2) is 0 Å². The molecule has 0 saturated carbocycles. The van der Waals surface area contributed by atoms with E-state index in [9.17, 15) is 10.1 Å². The molecule has 0 radical (unpaired) electrons. The lowest BCUT2D eigenvalue weighted by Gasteiger charge is -2.19. The highest BCUT2D eigenvalue weighted by atomic mass is 32.1. The number of nitrogens with one attached hydrogen (secondary N) is 1. The van der Waals surface area contributed by atoms with E-state index >= 15 is 0 Å². The fraction of sp³-hybridized carbons (Fsp3) is 0.238. The minimum Gasteiger partial charge on any atom is -0.365 e. The summed E-state index contributed by atoms with van der Waals surface area (Å²) in [4.78, 5) is 15.7. The van der Waals surface area contributed by atoms with E-state index in [0.29, 0.717) is 17.9 Å². The van der Waals surface area contributed by atoms with Gasteiger partial charge in [-0.05, 0) is 43.0 Å². The van der Waals surface area contributed by atoms with Gasteiger partial charge in [-0.15, -0.1) is 11.3 Å². The minimum absolute atomic E-state index is 0.150. The lowest BCUT2D eigenvalue weighted by Crippen LogP contribution is -2.31. The van der Waals surface area contributed by atoms with Crippen molar-refractivity contribution in [1.29, 1.82) is 5.26 Å². The molecule has 27 heavy (non-hydrogen) atoms. The molecule has 3 aromatic rings. The van der Waals surface area contributed by atoms with Gasteiger partial charge in [0.2, 0.25) is 5.91 Å². The largest absolute Gasteiger partial charge is 0.365 e. The molecule has 0 unspecified atom stereocenters. The molecule has 1 N–H and O–H groups in total. The van der Waals surface area contributed by atoms with Gasteiger partial charge in [-0.2, -0.15) is 5.26 Å². The number of aromatic nitrogens is 1. The zero-order valence-electron chi connectivity index (χ0n) is 15.7. The fourth-order valence-electron chi connectivity index (χ4n) is 3.05. The molecule has 1 amide bonds. The summed E-state index contributed by atoms with van der Waals surface area (Å²) in [6, 6.07) is 16.1. The number of carbonyl (C=O) groups excluding carboxylic acids is 1. The standard InChI is InChI=1S/C21H22N4OS/c1-15-16(2)25(13-18-10-7-11-27-18)21(19(15)12-22)23-20(26)14-24(3)17-8-5-4-6-9-17/h4-11H,13-14H2,1-3H3,(H,23,26). The van der Waals surface area contributed by atoms with Gasteiger partial charge in [-0.1, -0.05) is 24.3 Å². The van der Waals surface area contributed by atoms with Gasteiger partial charge in [0, 0.05) is 23.3 Å². The van der Waals surface area contributed by atoms with E-state index < -0.39 is 0 Å². The molecule has 138 valence electrons. The van der Waals surface area contributed by atoms with Gasteiger partial charge in [0.15, 0.2) is 0 Å². The molecule has 0 aliphatic rings. The van der Waals surface area contributed by atoms with Crippen molar-refractivity contribution in [3.63, 3.8) is 0 Å². The van der Waals surface area contributed by atoms with Crippen LogP contribution in [0.15, 0.2) is 47.8 Å². The Morgan fingerprint density at radius 2 is 1.96 bits per heavy atom. The molecular weight excluding hydrogens is 356 g/mol. The number of carbonyl (C=O) groups is 1. The lowest BCUT2D eigenvalue weighted by molar-refractivity contribution is -0.115. The summed E-state index contributed by atoms with van der Waals surface area (Å²) in [6.45, 7) is 4.74. The van der Waals surface area contributed by atoms with Crippen molar-refractivity contribution in [3.05, 3.63) is 69.5 Å². The predicted octanol–water partition coefficient (Wildman–Crippen LogP) is 4.16. The first-order chi connectivity index (χ1) is 13.0. The predicted molar refractivity (Wildman–Crippen MR) is 110 cm³/mol. The number of nitrogens with zero attached hydrogens (tertiary/aromatic N) is 3. The second-order valence-corrected chi connectivity index (χ2v) is 7.48. The van der Waals surface area contributed by atoms with E-state index in [1.54, 1.807) is 11.3 Å². The van der Waals surface area contributed by atoms with Crippen LogP contribution in [0.4, 0.5) is 11.5 Å². The molecule has 2 aromatic heterocycles. The number of amides is 1. The third-order valence-electron chi connectivity index (χ3n) is 4.67. The maximum absolute atomic E-state index is 12.7. The highest BCUT2D eigenvalue weighted by Crippen LogP contribution is 2.28. The number of benzene rings is 1. The molecule has 0 aliphatic carbocycles. The first-order valence-electron chi connectivity index (χ1n) is 8.69. The average molecular weight is 379 g/mol. The third kappa shape index (κ3) is 4.04. The Hall–Kier alpha value is -3.04. The summed E-state index contributed by atoms with van der Waals surface area (Å²) < 4.78 is 2.01. The monoisotopic (exact) mass is 378 g/mol. The summed E-state index contributed by atoms with van der Waals surface area (Å²) >= 11 is 1.66. The number of likely N-dealkylation sites (N-methyl/N-ethyl adjacent to an activating group) is 1. The van der Waals surface area contributed by atoms with Gasteiger partial charge in [0.05, 0.1) is 18.7 Å². The molecule has 1 aromatic carbocycles. The van der Waals surface area contributed by atoms with Gasteiger partial charge >= 0.3 is 0 Å². The molecule has 6 heteroatoms. The second-order valence-electron chi connectivity index (χ2n) is 6.45. The van der Waals surface area contributed by atoms with Crippen LogP contribution in [0, 0.1) is 25.2 Å². The van der Waals surface area contributed by atoms with Crippen LogP contribution in [-0.2, 0) is 11.3 Å². The Balaban J connectivity index is 1.84. The summed E-state index contributed by atoms with van der Waals surface area (Å²) in [5.41, 5.74) is 3.39. The van der Waals surface area contributed by atoms with Crippen LogP contribution in [-0.4, -0.2) is 24.1 Å². The molecule has 0 spiro atoms. The van der Waals surface area contributed by atoms with Crippen LogP contribution < -0.4 is 10.2 Å². The Morgan fingerprint density at radius 1 is 1.22 bits per heavy atom. The van der Waals surface area contributed by atoms with E-state index in [4.69, 9.17) is 0 Å². The smallest absolute Gasteiger partial charge is 0.245 e. The number of hydrogen-bond acceptors (Lipinski definition) is 4. The zero-order chi connectivity index (χ0) is 19.4. The van der Waals surface area contributed by atoms with Gasteiger partial charge in [-0.3, -0.25) is 4.79 Å². The number of anilines is 2. The third-order valence-corrected chi connectivity index (χ3v) is 5.53. The Labute approximate surface area is 163 Å². The number of thiophene rings is 1. The first-order valence-corrected chi connectivity index (χ1v) is 9.57. The molecule has 0 bridgehead atoms. The van der Waals surface area contributed by atoms with Crippen molar-refractivity contribution in [2.24, 2.45) is 0 Å². The molecule has 0 saturated heterocycles. The number of hydrogen-bond donors (Lipinski definition) is 1. The van der Waals surface area contributed by atoms with E-state index in [2.05, 4.69) is 17.5 Å². The molecule has 3 rings (SSSR count). The second kappa shape index (κ2) is 8.11. The topological polar surface area (TPSA) is 61.1 Å². The normalized spacial score (nSPS) is 10.4. The molecule has 0 aliphatic heterocycles. The zero-order valence-corrected chi connectivity index (χ0v) is 16.5.